The predicted octanol–water partition coefficient (Wildman–Crippen LogP) is 2.45. The Morgan fingerprint density at radius 2 is 2.00 bits per heavy atom. The highest BCUT2D eigenvalue weighted by molar-refractivity contribution is 5.78. The number of hydrogen-bond acceptors (Lipinski definition) is 3. The Balaban J connectivity index is 2.24. The molecule has 4 nitrogen and oxygen atoms in total. The summed E-state index contributed by atoms with van der Waals surface area (Å²) in [6.45, 7) is 5.49. The lowest BCUT2D eigenvalue weighted by atomic mass is 9.89. The largest absolute Gasteiger partial charge is 0.383 e. The number of rotatable bonds is 5. The van der Waals surface area contributed by atoms with Crippen LogP contribution in [0.1, 0.15) is 49.8 Å². The minimum atomic E-state index is -0.0392. The molecule has 0 aromatic heterocycles. The Labute approximate surface area is 127 Å². The zero-order valence-corrected chi connectivity index (χ0v) is 13.2. The first-order valence-corrected chi connectivity index (χ1v) is 7.68. The van der Waals surface area contributed by atoms with Gasteiger partial charge in [-0.25, -0.2) is 0 Å². The monoisotopic (exact) mass is 290 g/mol. The average Bonchev–Trinajstić information content (AvgIpc) is 2.48. The van der Waals surface area contributed by atoms with E-state index in [0.717, 1.165) is 12.0 Å². The second kappa shape index (κ2) is 7.05. The van der Waals surface area contributed by atoms with E-state index < -0.39 is 0 Å². The normalized spacial score (nSPS) is 22.9. The fraction of sp³-hybridized carbons (Fsp3) is 0.588. The molecular formula is C17H26N2O2. The topological polar surface area (TPSA) is 55.6 Å². The van der Waals surface area contributed by atoms with Crippen LogP contribution in [0.2, 0.25) is 0 Å². The third-order valence-corrected chi connectivity index (χ3v) is 4.23. The van der Waals surface area contributed by atoms with Gasteiger partial charge in [-0.3, -0.25) is 4.79 Å². The smallest absolute Gasteiger partial charge is 0.223 e. The maximum atomic E-state index is 12.2. The van der Waals surface area contributed by atoms with E-state index in [9.17, 15) is 4.79 Å². The van der Waals surface area contributed by atoms with Gasteiger partial charge >= 0.3 is 0 Å². The number of nitrogens with zero attached hydrogens (tertiary/aromatic N) is 1. The summed E-state index contributed by atoms with van der Waals surface area (Å²) in [6.07, 6.45) is 1.28. The SMILES string of the molecule is COCCN1C(=O)CCC(N)C1c1ccc(C(C)C)cc1. The van der Waals surface area contributed by atoms with Gasteiger partial charge in [0, 0.05) is 26.1 Å². The van der Waals surface area contributed by atoms with Crippen LogP contribution in [-0.4, -0.2) is 37.1 Å². The molecule has 1 heterocycles. The van der Waals surface area contributed by atoms with E-state index in [0.29, 0.717) is 25.5 Å². The van der Waals surface area contributed by atoms with E-state index >= 15 is 0 Å². The third-order valence-electron chi connectivity index (χ3n) is 4.23. The number of carbonyl (C=O) groups is 1. The molecule has 4 heteroatoms. The van der Waals surface area contributed by atoms with Crippen LogP contribution >= 0.6 is 0 Å². The molecule has 1 aromatic carbocycles. The van der Waals surface area contributed by atoms with Crippen LogP contribution in [0.5, 0.6) is 0 Å². The molecule has 0 radical (unpaired) electrons. The predicted molar refractivity (Wildman–Crippen MR) is 84.1 cm³/mol. The molecule has 2 atom stereocenters. The van der Waals surface area contributed by atoms with Gasteiger partial charge in [-0.1, -0.05) is 38.1 Å². The Hall–Kier alpha value is -1.39. The molecule has 0 aliphatic carbocycles. The first-order valence-electron chi connectivity index (χ1n) is 7.68. The third kappa shape index (κ3) is 3.63. The number of methoxy groups -OCH3 is 1. The van der Waals surface area contributed by atoms with Crippen molar-refractivity contribution in [2.75, 3.05) is 20.3 Å². The number of piperidine rings is 1. The van der Waals surface area contributed by atoms with E-state index in [1.54, 1.807) is 7.11 Å². The molecule has 21 heavy (non-hydrogen) atoms. The molecule has 2 rings (SSSR count). The Morgan fingerprint density at radius 3 is 2.57 bits per heavy atom. The van der Waals surface area contributed by atoms with Gasteiger partial charge in [0.1, 0.15) is 0 Å². The molecule has 0 saturated carbocycles. The molecule has 1 amide bonds. The maximum Gasteiger partial charge on any atom is 0.223 e. The number of ether oxygens (including phenoxy) is 1. The first-order chi connectivity index (χ1) is 10.0. The molecule has 2 N–H and O–H groups in total. The van der Waals surface area contributed by atoms with E-state index in [1.807, 2.05) is 4.90 Å². The second-order valence-corrected chi connectivity index (χ2v) is 6.05. The number of benzene rings is 1. The first kappa shape index (κ1) is 16.0. The molecule has 1 saturated heterocycles. The molecular weight excluding hydrogens is 264 g/mol. The second-order valence-electron chi connectivity index (χ2n) is 6.05. The molecule has 1 aliphatic rings. The van der Waals surface area contributed by atoms with Crippen molar-refractivity contribution >= 4 is 5.91 Å². The van der Waals surface area contributed by atoms with Gasteiger partial charge in [-0.2, -0.15) is 0 Å². The summed E-state index contributed by atoms with van der Waals surface area (Å²) in [4.78, 5) is 14.1. The summed E-state index contributed by atoms with van der Waals surface area (Å²) in [7, 11) is 1.65. The van der Waals surface area contributed by atoms with Gasteiger partial charge in [0.2, 0.25) is 5.91 Å². The summed E-state index contributed by atoms with van der Waals surface area (Å²) >= 11 is 0. The lowest BCUT2D eigenvalue weighted by molar-refractivity contribution is -0.138. The highest BCUT2D eigenvalue weighted by atomic mass is 16.5. The van der Waals surface area contributed by atoms with Gasteiger partial charge < -0.3 is 15.4 Å². The van der Waals surface area contributed by atoms with Crippen molar-refractivity contribution in [1.29, 1.82) is 0 Å². The van der Waals surface area contributed by atoms with Crippen molar-refractivity contribution in [1.82, 2.24) is 4.90 Å². The van der Waals surface area contributed by atoms with Crippen molar-refractivity contribution in [2.24, 2.45) is 5.73 Å². The quantitative estimate of drug-likeness (QED) is 0.906. The molecule has 1 aliphatic heterocycles. The van der Waals surface area contributed by atoms with Crippen LogP contribution in [0, 0.1) is 0 Å². The zero-order chi connectivity index (χ0) is 15.4. The lowest BCUT2D eigenvalue weighted by Crippen LogP contribution is -2.49. The maximum absolute atomic E-state index is 12.2. The van der Waals surface area contributed by atoms with Gasteiger partial charge in [0.25, 0.3) is 0 Å². The van der Waals surface area contributed by atoms with Crippen molar-refractivity contribution in [3.8, 4) is 0 Å². The molecule has 0 bridgehead atoms. The summed E-state index contributed by atoms with van der Waals surface area (Å²) in [6, 6.07) is 8.45. The van der Waals surface area contributed by atoms with Crippen molar-refractivity contribution in [3.63, 3.8) is 0 Å². The van der Waals surface area contributed by atoms with Crippen molar-refractivity contribution in [3.05, 3.63) is 35.4 Å². The summed E-state index contributed by atoms with van der Waals surface area (Å²) in [5, 5.41) is 0. The minimum absolute atomic E-state index is 0.00976. The van der Waals surface area contributed by atoms with Crippen molar-refractivity contribution < 1.29 is 9.53 Å². The Morgan fingerprint density at radius 1 is 1.33 bits per heavy atom. The number of hydrogen-bond donors (Lipinski definition) is 1. The standard InChI is InChI=1S/C17H26N2O2/c1-12(2)13-4-6-14(7-5-13)17-15(18)8-9-16(20)19(17)10-11-21-3/h4-7,12,15,17H,8-11,18H2,1-3H3. The van der Waals surface area contributed by atoms with Crippen LogP contribution in [0.15, 0.2) is 24.3 Å². The summed E-state index contributed by atoms with van der Waals surface area (Å²) in [5.41, 5.74) is 8.72. The van der Waals surface area contributed by atoms with Crippen LogP contribution in [0.25, 0.3) is 0 Å². The number of nitrogens with two attached hydrogens (primary N) is 1. The molecule has 0 spiro atoms. The van der Waals surface area contributed by atoms with Crippen LogP contribution in [0.4, 0.5) is 0 Å². The average molecular weight is 290 g/mol. The molecule has 2 unspecified atom stereocenters. The van der Waals surface area contributed by atoms with Crippen LogP contribution in [0.3, 0.4) is 0 Å². The highest BCUT2D eigenvalue weighted by Gasteiger charge is 2.34. The fourth-order valence-corrected chi connectivity index (χ4v) is 2.94. The van der Waals surface area contributed by atoms with E-state index in [4.69, 9.17) is 10.5 Å². The summed E-state index contributed by atoms with van der Waals surface area (Å²) < 4.78 is 5.13. The molecule has 1 fully saturated rings. The number of amides is 1. The van der Waals surface area contributed by atoms with Crippen LogP contribution < -0.4 is 5.73 Å². The number of carbonyl (C=O) groups excluding carboxylic acids is 1. The van der Waals surface area contributed by atoms with Gasteiger partial charge in [0.15, 0.2) is 0 Å². The highest BCUT2D eigenvalue weighted by Crippen LogP contribution is 2.31. The number of likely N-dealkylation sites (tertiary alicyclic amines) is 1. The van der Waals surface area contributed by atoms with Crippen molar-refractivity contribution in [2.45, 2.75) is 44.7 Å². The Bertz CT molecular complexity index is 470. The van der Waals surface area contributed by atoms with Gasteiger partial charge in [-0.05, 0) is 23.5 Å². The van der Waals surface area contributed by atoms with Gasteiger partial charge in [-0.15, -0.1) is 0 Å². The zero-order valence-electron chi connectivity index (χ0n) is 13.2. The van der Waals surface area contributed by atoms with Crippen LogP contribution in [-0.2, 0) is 9.53 Å². The summed E-state index contributed by atoms with van der Waals surface area (Å²) in [5.74, 6) is 0.678. The minimum Gasteiger partial charge on any atom is -0.383 e. The van der Waals surface area contributed by atoms with E-state index in [1.165, 1.54) is 5.56 Å². The fourth-order valence-electron chi connectivity index (χ4n) is 2.94. The molecule has 1 aromatic rings. The van der Waals surface area contributed by atoms with Gasteiger partial charge in [0.05, 0.1) is 12.6 Å². The lowest BCUT2D eigenvalue weighted by Gasteiger charge is -2.40. The Kier molecular flexibility index (Phi) is 5.37. The molecule has 116 valence electrons. The van der Waals surface area contributed by atoms with E-state index in [2.05, 4.69) is 38.1 Å². The van der Waals surface area contributed by atoms with E-state index in [-0.39, 0.29) is 18.0 Å².